The number of hydrogen-bond donors (Lipinski definition) is 1. The van der Waals surface area contributed by atoms with Gasteiger partial charge in [0.15, 0.2) is 0 Å². The molecular weight excluding hydrogens is 263 g/mol. The van der Waals surface area contributed by atoms with E-state index in [4.69, 9.17) is 11.6 Å². The summed E-state index contributed by atoms with van der Waals surface area (Å²) in [6.07, 6.45) is -0.841. The molecule has 0 amide bonds. The van der Waals surface area contributed by atoms with Gasteiger partial charge in [0.2, 0.25) is 0 Å². The zero-order chi connectivity index (χ0) is 14.2. The van der Waals surface area contributed by atoms with Gasteiger partial charge in [0.05, 0.1) is 0 Å². The zero-order valence-corrected chi connectivity index (χ0v) is 11.9. The maximum absolute atomic E-state index is 13.4. The molecule has 2 aromatic carbocycles. The second-order valence-corrected chi connectivity index (χ2v) is 5.22. The van der Waals surface area contributed by atoms with Crippen LogP contribution in [0.15, 0.2) is 30.3 Å². The summed E-state index contributed by atoms with van der Waals surface area (Å²) >= 11 is 6.04. The first kappa shape index (κ1) is 14.0. The summed E-state index contributed by atoms with van der Waals surface area (Å²) in [7, 11) is 0. The van der Waals surface area contributed by atoms with Gasteiger partial charge in [-0.15, -0.1) is 0 Å². The monoisotopic (exact) mass is 278 g/mol. The Labute approximate surface area is 117 Å². The Kier molecular flexibility index (Phi) is 3.93. The summed E-state index contributed by atoms with van der Waals surface area (Å²) in [6, 6.07) is 8.60. The molecule has 2 rings (SSSR count). The van der Waals surface area contributed by atoms with Gasteiger partial charge in [0.1, 0.15) is 11.9 Å². The van der Waals surface area contributed by atoms with Gasteiger partial charge >= 0.3 is 0 Å². The normalized spacial score (nSPS) is 12.5. The Bertz CT molecular complexity index is 622. The Morgan fingerprint density at radius 2 is 1.74 bits per heavy atom. The molecule has 0 aliphatic rings. The molecule has 0 saturated heterocycles. The molecule has 1 nitrogen and oxygen atoms in total. The minimum absolute atomic E-state index is 0.247. The molecular formula is C16H16ClFO. The van der Waals surface area contributed by atoms with Crippen molar-refractivity contribution in [3.63, 3.8) is 0 Å². The fourth-order valence-electron chi connectivity index (χ4n) is 2.13. The van der Waals surface area contributed by atoms with E-state index in [0.29, 0.717) is 11.1 Å². The van der Waals surface area contributed by atoms with Crippen molar-refractivity contribution < 1.29 is 9.50 Å². The molecule has 0 aliphatic carbocycles. The molecule has 1 atom stereocenters. The molecule has 1 unspecified atom stereocenters. The topological polar surface area (TPSA) is 20.2 Å². The SMILES string of the molecule is Cc1cc(C(O)c2cccc(C)c2C)c(Cl)cc1F. The number of benzene rings is 2. The lowest BCUT2D eigenvalue weighted by Crippen LogP contribution is -2.05. The number of aryl methyl sites for hydroxylation is 2. The first-order valence-electron chi connectivity index (χ1n) is 6.11. The van der Waals surface area contributed by atoms with E-state index in [2.05, 4.69) is 0 Å². The Hall–Kier alpha value is -1.38. The number of aliphatic hydroxyl groups excluding tert-OH is 1. The van der Waals surface area contributed by atoms with Crippen molar-refractivity contribution in [3.8, 4) is 0 Å². The summed E-state index contributed by atoms with van der Waals surface area (Å²) in [5.74, 6) is -0.359. The fraction of sp³-hybridized carbons (Fsp3) is 0.250. The minimum Gasteiger partial charge on any atom is -0.384 e. The van der Waals surface area contributed by atoms with E-state index in [1.807, 2.05) is 32.0 Å². The molecule has 0 heterocycles. The van der Waals surface area contributed by atoms with Crippen molar-refractivity contribution in [1.29, 1.82) is 0 Å². The van der Waals surface area contributed by atoms with Crippen LogP contribution < -0.4 is 0 Å². The van der Waals surface area contributed by atoms with Crippen LogP contribution in [0.5, 0.6) is 0 Å². The molecule has 1 N–H and O–H groups in total. The standard InChI is InChI=1S/C16H16ClFO/c1-9-5-4-6-12(11(9)3)16(19)13-7-10(2)15(18)8-14(13)17/h4-8,16,19H,1-3H3. The lowest BCUT2D eigenvalue weighted by Gasteiger charge is -2.17. The lowest BCUT2D eigenvalue weighted by molar-refractivity contribution is 0.219. The second-order valence-electron chi connectivity index (χ2n) is 4.81. The summed E-state index contributed by atoms with van der Waals surface area (Å²) in [6.45, 7) is 5.60. The summed E-state index contributed by atoms with van der Waals surface area (Å²) < 4.78 is 13.4. The number of halogens is 2. The zero-order valence-electron chi connectivity index (χ0n) is 11.2. The van der Waals surface area contributed by atoms with Crippen molar-refractivity contribution in [2.45, 2.75) is 26.9 Å². The van der Waals surface area contributed by atoms with Crippen LogP contribution >= 0.6 is 11.6 Å². The third kappa shape index (κ3) is 2.65. The molecule has 19 heavy (non-hydrogen) atoms. The van der Waals surface area contributed by atoms with Crippen LogP contribution in [-0.4, -0.2) is 5.11 Å². The van der Waals surface area contributed by atoms with E-state index >= 15 is 0 Å². The van der Waals surface area contributed by atoms with Gasteiger partial charge in [-0.1, -0.05) is 29.8 Å². The van der Waals surface area contributed by atoms with Crippen molar-refractivity contribution in [3.05, 3.63) is 69.0 Å². The smallest absolute Gasteiger partial charge is 0.127 e. The maximum atomic E-state index is 13.4. The molecule has 0 radical (unpaired) electrons. The van der Waals surface area contributed by atoms with Crippen LogP contribution in [0.3, 0.4) is 0 Å². The third-order valence-electron chi connectivity index (χ3n) is 3.51. The van der Waals surface area contributed by atoms with Gasteiger partial charge < -0.3 is 5.11 Å². The third-order valence-corrected chi connectivity index (χ3v) is 3.84. The van der Waals surface area contributed by atoms with Crippen LogP contribution in [0, 0.1) is 26.6 Å². The number of aliphatic hydroxyl groups is 1. The van der Waals surface area contributed by atoms with E-state index in [0.717, 1.165) is 16.7 Å². The highest BCUT2D eigenvalue weighted by atomic mass is 35.5. The predicted molar refractivity (Wildman–Crippen MR) is 76.1 cm³/mol. The fourth-order valence-corrected chi connectivity index (χ4v) is 2.38. The molecule has 100 valence electrons. The van der Waals surface area contributed by atoms with E-state index in [-0.39, 0.29) is 10.8 Å². The molecule has 0 bridgehead atoms. The average Bonchev–Trinajstić information content (AvgIpc) is 2.36. The minimum atomic E-state index is -0.841. The van der Waals surface area contributed by atoms with E-state index in [9.17, 15) is 9.50 Å². The van der Waals surface area contributed by atoms with Crippen LogP contribution in [0.25, 0.3) is 0 Å². The lowest BCUT2D eigenvalue weighted by atomic mass is 9.94. The molecule has 0 aliphatic heterocycles. The van der Waals surface area contributed by atoms with Crippen LogP contribution in [-0.2, 0) is 0 Å². The molecule has 0 saturated carbocycles. The Morgan fingerprint density at radius 3 is 2.42 bits per heavy atom. The first-order chi connectivity index (χ1) is 8.91. The van der Waals surface area contributed by atoms with Gasteiger partial charge in [0, 0.05) is 10.6 Å². The molecule has 3 heteroatoms. The first-order valence-corrected chi connectivity index (χ1v) is 6.49. The predicted octanol–water partition coefficient (Wildman–Crippen LogP) is 4.49. The highest BCUT2D eigenvalue weighted by Crippen LogP contribution is 2.32. The molecule has 2 aromatic rings. The van der Waals surface area contributed by atoms with Gasteiger partial charge in [-0.2, -0.15) is 0 Å². The highest BCUT2D eigenvalue weighted by molar-refractivity contribution is 6.31. The van der Waals surface area contributed by atoms with E-state index < -0.39 is 6.10 Å². The largest absolute Gasteiger partial charge is 0.384 e. The van der Waals surface area contributed by atoms with Crippen molar-refractivity contribution >= 4 is 11.6 Å². The maximum Gasteiger partial charge on any atom is 0.127 e. The van der Waals surface area contributed by atoms with Gasteiger partial charge in [-0.3, -0.25) is 0 Å². The summed E-state index contributed by atoms with van der Waals surface area (Å²) in [4.78, 5) is 0. The number of hydrogen-bond acceptors (Lipinski definition) is 1. The summed E-state index contributed by atoms with van der Waals surface area (Å²) in [5.41, 5.74) is 3.94. The van der Waals surface area contributed by atoms with E-state index in [1.54, 1.807) is 13.0 Å². The molecule has 0 aromatic heterocycles. The quantitative estimate of drug-likeness (QED) is 0.858. The van der Waals surface area contributed by atoms with Crippen molar-refractivity contribution in [2.75, 3.05) is 0 Å². The van der Waals surface area contributed by atoms with Crippen LogP contribution in [0.1, 0.15) is 33.9 Å². The Morgan fingerprint density at radius 1 is 1.05 bits per heavy atom. The number of rotatable bonds is 2. The van der Waals surface area contributed by atoms with Crippen LogP contribution in [0.4, 0.5) is 4.39 Å². The second kappa shape index (κ2) is 5.32. The van der Waals surface area contributed by atoms with Gasteiger partial charge in [-0.05, 0) is 55.2 Å². The summed E-state index contributed by atoms with van der Waals surface area (Å²) in [5, 5.41) is 10.7. The van der Waals surface area contributed by atoms with Crippen LogP contribution in [0.2, 0.25) is 5.02 Å². The Balaban J connectivity index is 2.53. The van der Waals surface area contributed by atoms with Crippen molar-refractivity contribution in [1.82, 2.24) is 0 Å². The van der Waals surface area contributed by atoms with Gasteiger partial charge in [0.25, 0.3) is 0 Å². The molecule has 0 spiro atoms. The van der Waals surface area contributed by atoms with Crippen molar-refractivity contribution in [2.24, 2.45) is 0 Å². The van der Waals surface area contributed by atoms with Gasteiger partial charge in [-0.25, -0.2) is 4.39 Å². The average molecular weight is 279 g/mol. The van der Waals surface area contributed by atoms with E-state index in [1.165, 1.54) is 6.07 Å². The molecule has 0 fully saturated rings. The highest BCUT2D eigenvalue weighted by Gasteiger charge is 2.18.